The van der Waals surface area contributed by atoms with Gasteiger partial charge in [0.05, 0.1) is 12.6 Å². The van der Waals surface area contributed by atoms with E-state index < -0.39 is 0 Å². The fourth-order valence-corrected chi connectivity index (χ4v) is 2.29. The van der Waals surface area contributed by atoms with E-state index in [0.717, 1.165) is 18.8 Å². The lowest BCUT2D eigenvalue weighted by Gasteiger charge is -2.38. The maximum atomic E-state index is 5.96. The molecule has 0 amide bonds. The standard InChI is InChI=1S/C11H21N5O/c1-9-3-5-11(8-12,6-4-9)17-7-10-13-15-16(2)14-10/h9H,3-8,12H2,1-2H3. The minimum atomic E-state index is -0.175. The third-order valence-corrected chi connectivity index (χ3v) is 3.61. The van der Waals surface area contributed by atoms with Crippen molar-refractivity contribution in [1.82, 2.24) is 20.2 Å². The number of nitrogens with zero attached hydrogens (tertiary/aromatic N) is 4. The molecule has 1 fully saturated rings. The Bertz CT molecular complexity index is 356. The van der Waals surface area contributed by atoms with Crippen LogP contribution in [0.15, 0.2) is 0 Å². The zero-order valence-corrected chi connectivity index (χ0v) is 10.6. The van der Waals surface area contributed by atoms with Crippen LogP contribution in [0.3, 0.4) is 0 Å². The second kappa shape index (κ2) is 5.10. The molecule has 6 heteroatoms. The number of ether oxygens (including phenoxy) is 1. The Kier molecular flexibility index (Phi) is 3.73. The molecular formula is C11H21N5O. The number of aryl methyl sites for hydroxylation is 1. The Balaban J connectivity index is 1.91. The normalized spacial score (nSPS) is 29.5. The van der Waals surface area contributed by atoms with Crippen molar-refractivity contribution < 1.29 is 4.74 Å². The van der Waals surface area contributed by atoms with Crippen LogP contribution in [-0.2, 0) is 18.4 Å². The number of hydrogen-bond acceptors (Lipinski definition) is 5. The maximum Gasteiger partial charge on any atom is 0.200 e. The molecule has 0 radical (unpaired) electrons. The van der Waals surface area contributed by atoms with Gasteiger partial charge < -0.3 is 10.5 Å². The van der Waals surface area contributed by atoms with Crippen LogP contribution in [0.25, 0.3) is 0 Å². The first kappa shape index (κ1) is 12.4. The molecule has 0 aliphatic heterocycles. The number of aromatic nitrogens is 4. The largest absolute Gasteiger partial charge is 0.366 e. The highest BCUT2D eigenvalue weighted by atomic mass is 16.5. The van der Waals surface area contributed by atoms with Gasteiger partial charge in [0.25, 0.3) is 0 Å². The van der Waals surface area contributed by atoms with Crippen LogP contribution >= 0.6 is 0 Å². The lowest BCUT2D eigenvalue weighted by atomic mass is 9.79. The summed E-state index contributed by atoms with van der Waals surface area (Å²) in [5.41, 5.74) is 5.69. The molecule has 1 aliphatic rings. The van der Waals surface area contributed by atoms with Gasteiger partial charge in [-0.25, -0.2) is 0 Å². The summed E-state index contributed by atoms with van der Waals surface area (Å²) in [5, 5.41) is 11.8. The van der Waals surface area contributed by atoms with E-state index in [1.165, 1.54) is 17.6 Å². The van der Waals surface area contributed by atoms with E-state index in [-0.39, 0.29) is 5.60 Å². The number of hydrogen-bond donors (Lipinski definition) is 1. The van der Waals surface area contributed by atoms with E-state index in [1.807, 2.05) is 0 Å². The van der Waals surface area contributed by atoms with Gasteiger partial charge in [0.1, 0.15) is 6.61 Å². The quantitative estimate of drug-likeness (QED) is 0.834. The molecule has 1 aliphatic carbocycles. The Hall–Kier alpha value is -1.01. The van der Waals surface area contributed by atoms with Crippen molar-refractivity contribution in [3.8, 4) is 0 Å². The van der Waals surface area contributed by atoms with Crippen molar-refractivity contribution >= 4 is 0 Å². The summed E-state index contributed by atoms with van der Waals surface area (Å²) in [6, 6.07) is 0. The van der Waals surface area contributed by atoms with Gasteiger partial charge in [-0.15, -0.1) is 10.2 Å². The summed E-state index contributed by atoms with van der Waals surface area (Å²) >= 11 is 0. The average Bonchev–Trinajstić information content (AvgIpc) is 2.75. The molecule has 0 spiro atoms. The van der Waals surface area contributed by atoms with Gasteiger partial charge in [0.15, 0.2) is 5.82 Å². The van der Waals surface area contributed by atoms with Crippen molar-refractivity contribution in [3.05, 3.63) is 5.82 Å². The van der Waals surface area contributed by atoms with Crippen LogP contribution in [0.2, 0.25) is 0 Å². The first-order chi connectivity index (χ1) is 8.13. The number of rotatable bonds is 4. The number of tetrazole rings is 1. The van der Waals surface area contributed by atoms with Gasteiger partial charge in [-0.2, -0.15) is 4.80 Å². The molecule has 0 atom stereocenters. The van der Waals surface area contributed by atoms with E-state index in [0.29, 0.717) is 19.0 Å². The summed E-state index contributed by atoms with van der Waals surface area (Å²) in [6.07, 6.45) is 4.44. The summed E-state index contributed by atoms with van der Waals surface area (Å²) in [4.78, 5) is 1.44. The highest BCUT2D eigenvalue weighted by Crippen LogP contribution is 2.34. The third kappa shape index (κ3) is 3.01. The molecule has 0 bridgehead atoms. The van der Waals surface area contributed by atoms with Crippen molar-refractivity contribution in [3.63, 3.8) is 0 Å². The fourth-order valence-electron chi connectivity index (χ4n) is 2.29. The second-order valence-corrected chi connectivity index (χ2v) is 5.05. The first-order valence-corrected chi connectivity index (χ1v) is 6.20. The third-order valence-electron chi connectivity index (χ3n) is 3.61. The second-order valence-electron chi connectivity index (χ2n) is 5.05. The smallest absolute Gasteiger partial charge is 0.200 e. The van der Waals surface area contributed by atoms with Crippen molar-refractivity contribution in [2.45, 2.75) is 44.8 Å². The van der Waals surface area contributed by atoms with Gasteiger partial charge in [0.2, 0.25) is 0 Å². The Labute approximate surface area is 102 Å². The van der Waals surface area contributed by atoms with Gasteiger partial charge >= 0.3 is 0 Å². The molecule has 1 aromatic heterocycles. The minimum absolute atomic E-state index is 0.175. The lowest BCUT2D eigenvalue weighted by Crippen LogP contribution is -2.43. The Morgan fingerprint density at radius 1 is 1.47 bits per heavy atom. The van der Waals surface area contributed by atoms with Crippen LogP contribution < -0.4 is 5.73 Å². The van der Waals surface area contributed by atoms with Gasteiger partial charge in [-0.05, 0) is 36.8 Å². The van der Waals surface area contributed by atoms with Crippen LogP contribution in [0, 0.1) is 5.92 Å². The Morgan fingerprint density at radius 3 is 2.71 bits per heavy atom. The zero-order chi connectivity index (χ0) is 12.3. The lowest BCUT2D eigenvalue weighted by molar-refractivity contribution is -0.0821. The highest BCUT2D eigenvalue weighted by molar-refractivity contribution is 4.88. The minimum Gasteiger partial charge on any atom is -0.366 e. The molecule has 0 unspecified atom stereocenters. The average molecular weight is 239 g/mol. The summed E-state index contributed by atoms with van der Waals surface area (Å²) in [6.45, 7) is 3.25. The highest BCUT2D eigenvalue weighted by Gasteiger charge is 2.34. The Morgan fingerprint density at radius 2 is 2.18 bits per heavy atom. The van der Waals surface area contributed by atoms with Crippen LogP contribution in [0.1, 0.15) is 38.4 Å². The van der Waals surface area contributed by atoms with Crippen molar-refractivity contribution in [1.29, 1.82) is 0 Å². The zero-order valence-electron chi connectivity index (χ0n) is 10.6. The summed E-state index contributed by atoms with van der Waals surface area (Å²) in [5.74, 6) is 1.41. The van der Waals surface area contributed by atoms with Gasteiger partial charge in [-0.3, -0.25) is 0 Å². The first-order valence-electron chi connectivity index (χ1n) is 6.20. The van der Waals surface area contributed by atoms with Gasteiger partial charge in [-0.1, -0.05) is 6.92 Å². The molecule has 2 N–H and O–H groups in total. The number of nitrogens with two attached hydrogens (primary N) is 1. The van der Waals surface area contributed by atoms with Crippen LogP contribution in [-0.4, -0.2) is 32.4 Å². The van der Waals surface area contributed by atoms with E-state index in [2.05, 4.69) is 22.3 Å². The van der Waals surface area contributed by atoms with Crippen LogP contribution in [0.5, 0.6) is 0 Å². The van der Waals surface area contributed by atoms with E-state index >= 15 is 0 Å². The van der Waals surface area contributed by atoms with E-state index in [4.69, 9.17) is 10.5 Å². The summed E-state index contributed by atoms with van der Waals surface area (Å²) in [7, 11) is 1.75. The molecule has 1 aromatic rings. The topological polar surface area (TPSA) is 78.9 Å². The molecule has 6 nitrogen and oxygen atoms in total. The van der Waals surface area contributed by atoms with Crippen molar-refractivity contribution in [2.75, 3.05) is 6.54 Å². The summed E-state index contributed by atoms with van der Waals surface area (Å²) < 4.78 is 5.96. The van der Waals surface area contributed by atoms with E-state index in [9.17, 15) is 0 Å². The molecule has 96 valence electrons. The molecular weight excluding hydrogens is 218 g/mol. The molecule has 0 aromatic carbocycles. The molecule has 1 saturated carbocycles. The van der Waals surface area contributed by atoms with E-state index in [1.54, 1.807) is 7.05 Å². The monoisotopic (exact) mass is 239 g/mol. The van der Waals surface area contributed by atoms with Crippen LogP contribution in [0.4, 0.5) is 0 Å². The molecule has 17 heavy (non-hydrogen) atoms. The molecule has 2 rings (SSSR count). The predicted octanol–water partition coefficient (Wildman–Crippen LogP) is 0.634. The molecule has 1 heterocycles. The predicted molar refractivity (Wildman–Crippen MR) is 63.0 cm³/mol. The fraction of sp³-hybridized carbons (Fsp3) is 0.909. The van der Waals surface area contributed by atoms with Crippen molar-refractivity contribution in [2.24, 2.45) is 18.7 Å². The maximum absolute atomic E-state index is 5.96. The van der Waals surface area contributed by atoms with Gasteiger partial charge in [0, 0.05) is 6.54 Å². The SMILES string of the molecule is CC1CCC(CN)(OCc2nnn(C)n2)CC1. The molecule has 0 saturated heterocycles.